The molecule has 0 spiro atoms. The van der Waals surface area contributed by atoms with Gasteiger partial charge in [-0.15, -0.1) is 0 Å². The van der Waals surface area contributed by atoms with E-state index in [0.29, 0.717) is 12.5 Å². The quantitative estimate of drug-likeness (QED) is 0.833. The van der Waals surface area contributed by atoms with Crippen LogP contribution in [0.5, 0.6) is 5.75 Å². The average Bonchev–Trinajstić information content (AvgIpc) is 2.55. The van der Waals surface area contributed by atoms with Gasteiger partial charge in [0.2, 0.25) is 5.91 Å². The summed E-state index contributed by atoms with van der Waals surface area (Å²) in [6.07, 6.45) is 2.63. The van der Waals surface area contributed by atoms with Crippen LogP contribution in [0.2, 0.25) is 0 Å². The van der Waals surface area contributed by atoms with E-state index < -0.39 is 0 Å². The van der Waals surface area contributed by atoms with Crippen LogP contribution < -0.4 is 4.74 Å². The first-order valence-corrected chi connectivity index (χ1v) is 7.75. The molecule has 0 unspecified atom stereocenters. The highest BCUT2D eigenvalue weighted by Gasteiger charge is 2.24. The third-order valence-corrected chi connectivity index (χ3v) is 4.46. The van der Waals surface area contributed by atoms with E-state index in [2.05, 4.69) is 11.8 Å². The first-order chi connectivity index (χ1) is 10.1. The fraction of sp³-hybridized carbons (Fsp3) is 0.588. The van der Waals surface area contributed by atoms with Gasteiger partial charge >= 0.3 is 0 Å². The Bertz CT molecular complexity index is 450. The molecule has 1 saturated heterocycles. The number of rotatable bonds is 5. The smallest absolute Gasteiger partial charge is 0.226 e. The summed E-state index contributed by atoms with van der Waals surface area (Å²) in [7, 11) is 3.59. The van der Waals surface area contributed by atoms with Crippen molar-refractivity contribution >= 4 is 5.91 Å². The number of ether oxygens (including phenoxy) is 1. The van der Waals surface area contributed by atoms with Crippen LogP contribution in [0.15, 0.2) is 24.3 Å². The number of piperidine rings is 1. The number of benzene rings is 1. The second-order valence-corrected chi connectivity index (χ2v) is 5.69. The van der Waals surface area contributed by atoms with E-state index in [4.69, 9.17) is 4.74 Å². The van der Waals surface area contributed by atoms with Crippen molar-refractivity contribution in [3.63, 3.8) is 0 Å². The molecule has 116 valence electrons. The predicted octanol–water partition coefficient (Wildman–Crippen LogP) is 2.18. The highest BCUT2D eigenvalue weighted by Crippen LogP contribution is 2.17. The van der Waals surface area contributed by atoms with Gasteiger partial charge in [0.1, 0.15) is 5.75 Å². The molecule has 1 aliphatic rings. The van der Waals surface area contributed by atoms with E-state index in [1.807, 2.05) is 36.2 Å². The second-order valence-electron chi connectivity index (χ2n) is 5.69. The third-order valence-electron chi connectivity index (χ3n) is 4.46. The molecule has 4 heteroatoms. The van der Waals surface area contributed by atoms with Gasteiger partial charge in [0.05, 0.1) is 13.5 Å². The van der Waals surface area contributed by atoms with Gasteiger partial charge in [-0.25, -0.2) is 0 Å². The van der Waals surface area contributed by atoms with Gasteiger partial charge in [-0.1, -0.05) is 19.1 Å². The molecule has 1 fully saturated rings. The molecule has 21 heavy (non-hydrogen) atoms. The Hall–Kier alpha value is -1.55. The van der Waals surface area contributed by atoms with Crippen molar-refractivity contribution in [2.24, 2.45) is 0 Å². The van der Waals surface area contributed by atoms with E-state index in [1.165, 1.54) is 0 Å². The highest BCUT2D eigenvalue weighted by molar-refractivity contribution is 5.78. The molecule has 0 bridgehead atoms. The van der Waals surface area contributed by atoms with Gasteiger partial charge in [-0.2, -0.15) is 0 Å². The molecule has 0 aliphatic carbocycles. The van der Waals surface area contributed by atoms with Crippen LogP contribution >= 0.6 is 0 Å². The maximum Gasteiger partial charge on any atom is 0.226 e. The number of likely N-dealkylation sites (N-methyl/N-ethyl adjacent to an activating group) is 1. The molecule has 0 radical (unpaired) electrons. The monoisotopic (exact) mass is 290 g/mol. The standard InChI is InChI=1S/C17H26N2O2/c1-4-19-11-9-15(10-12-19)18(2)17(20)13-14-5-7-16(21-3)8-6-14/h5-8,15H,4,9-13H2,1-3H3. The lowest BCUT2D eigenvalue weighted by Crippen LogP contribution is -2.45. The van der Waals surface area contributed by atoms with Crippen molar-refractivity contribution in [2.45, 2.75) is 32.2 Å². The van der Waals surface area contributed by atoms with Crippen LogP contribution in [0, 0.1) is 0 Å². The SMILES string of the molecule is CCN1CCC(N(C)C(=O)Cc2ccc(OC)cc2)CC1. The van der Waals surface area contributed by atoms with Crippen molar-refractivity contribution in [3.05, 3.63) is 29.8 Å². The number of hydrogen-bond acceptors (Lipinski definition) is 3. The van der Waals surface area contributed by atoms with Crippen LogP contribution in [0.3, 0.4) is 0 Å². The van der Waals surface area contributed by atoms with Crippen LogP contribution in [-0.2, 0) is 11.2 Å². The topological polar surface area (TPSA) is 32.8 Å². The maximum atomic E-state index is 12.4. The summed E-state index contributed by atoms with van der Waals surface area (Å²) >= 11 is 0. The minimum atomic E-state index is 0.204. The zero-order valence-electron chi connectivity index (χ0n) is 13.3. The fourth-order valence-electron chi connectivity index (χ4n) is 2.87. The minimum absolute atomic E-state index is 0.204. The van der Waals surface area contributed by atoms with Crippen molar-refractivity contribution in [2.75, 3.05) is 33.8 Å². The van der Waals surface area contributed by atoms with Gasteiger partial charge in [0, 0.05) is 26.2 Å². The lowest BCUT2D eigenvalue weighted by atomic mass is 10.0. The number of likely N-dealkylation sites (tertiary alicyclic amines) is 1. The molecule has 1 aromatic carbocycles. The Labute approximate surface area is 127 Å². The first kappa shape index (κ1) is 15.8. The molecule has 0 aromatic heterocycles. The summed E-state index contributed by atoms with van der Waals surface area (Å²) < 4.78 is 5.14. The zero-order valence-corrected chi connectivity index (χ0v) is 13.3. The number of carbonyl (C=O) groups is 1. The molecule has 1 aromatic rings. The van der Waals surface area contributed by atoms with Crippen LogP contribution in [0.1, 0.15) is 25.3 Å². The Morgan fingerprint density at radius 1 is 1.29 bits per heavy atom. The van der Waals surface area contributed by atoms with E-state index in [1.54, 1.807) is 7.11 Å². The van der Waals surface area contributed by atoms with Crippen molar-refractivity contribution < 1.29 is 9.53 Å². The number of carbonyl (C=O) groups excluding carboxylic acids is 1. The van der Waals surface area contributed by atoms with Crippen molar-refractivity contribution in [1.29, 1.82) is 0 Å². The molecule has 1 amide bonds. The number of amides is 1. The maximum absolute atomic E-state index is 12.4. The lowest BCUT2D eigenvalue weighted by molar-refractivity contribution is -0.132. The summed E-state index contributed by atoms with van der Waals surface area (Å²) in [6.45, 7) is 5.50. The summed E-state index contributed by atoms with van der Waals surface area (Å²) in [5.41, 5.74) is 1.04. The predicted molar refractivity (Wildman–Crippen MR) is 84.6 cm³/mol. The van der Waals surface area contributed by atoms with Crippen LogP contribution in [-0.4, -0.2) is 55.5 Å². The van der Waals surface area contributed by atoms with E-state index in [0.717, 1.165) is 43.8 Å². The zero-order chi connectivity index (χ0) is 15.2. The molecule has 0 saturated carbocycles. The van der Waals surface area contributed by atoms with Crippen LogP contribution in [0.4, 0.5) is 0 Å². The van der Waals surface area contributed by atoms with Gasteiger partial charge in [-0.3, -0.25) is 4.79 Å². The Morgan fingerprint density at radius 3 is 2.43 bits per heavy atom. The normalized spacial score (nSPS) is 16.7. The Balaban J connectivity index is 1.87. The summed E-state index contributed by atoms with van der Waals surface area (Å²) in [5, 5.41) is 0. The average molecular weight is 290 g/mol. The van der Waals surface area contributed by atoms with Crippen molar-refractivity contribution in [3.8, 4) is 5.75 Å². The molecule has 1 aliphatic heterocycles. The second kappa shape index (κ2) is 7.46. The largest absolute Gasteiger partial charge is 0.497 e. The molecule has 2 rings (SSSR count). The van der Waals surface area contributed by atoms with Gasteiger partial charge in [0.15, 0.2) is 0 Å². The fourth-order valence-corrected chi connectivity index (χ4v) is 2.87. The van der Waals surface area contributed by atoms with Gasteiger partial charge in [-0.05, 0) is 37.1 Å². The van der Waals surface area contributed by atoms with Gasteiger partial charge in [0.25, 0.3) is 0 Å². The Morgan fingerprint density at radius 2 is 1.90 bits per heavy atom. The molecule has 0 atom stereocenters. The lowest BCUT2D eigenvalue weighted by Gasteiger charge is -2.36. The number of methoxy groups -OCH3 is 1. The number of nitrogens with zero attached hydrogens (tertiary/aromatic N) is 2. The summed E-state index contributed by atoms with van der Waals surface area (Å²) in [5.74, 6) is 1.03. The molecule has 0 N–H and O–H groups in total. The first-order valence-electron chi connectivity index (χ1n) is 7.75. The van der Waals surface area contributed by atoms with E-state index in [9.17, 15) is 4.79 Å². The summed E-state index contributed by atoms with van der Waals surface area (Å²) in [6, 6.07) is 8.12. The van der Waals surface area contributed by atoms with Gasteiger partial charge < -0.3 is 14.5 Å². The Kier molecular flexibility index (Phi) is 5.62. The van der Waals surface area contributed by atoms with E-state index in [-0.39, 0.29) is 5.91 Å². The highest BCUT2D eigenvalue weighted by atomic mass is 16.5. The molecule has 1 heterocycles. The summed E-state index contributed by atoms with van der Waals surface area (Å²) in [4.78, 5) is 16.8. The van der Waals surface area contributed by atoms with Crippen molar-refractivity contribution in [1.82, 2.24) is 9.80 Å². The number of hydrogen-bond donors (Lipinski definition) is 0. The molecular formula is C17H26N2O2. The molecule has 4 nitrogen and oxygen atoms in total. The van der Waals surface area contributed by atoms with Crippen LogP contribution in [0.25, 0.3) is 0 Å². The minimum Gasteiger partial charge on any atom is -0.497 e. The van der Waals surface area contributed by atoms with E-state index >= 15 is 0 Å². The molecular weight excluding hydrogens is 264 g/mol. The third kappa shape index (κ3) is 4.21.